The maximum Gasteiger partial charge on any atom is 0.0729 e. The van der Waals surface area contributed by atoms with Crippen LogP contribution in [0.25, 0.3) is 44.6 Å². The van der Waals surface area contributed by atoms with E-state index in [4.69, 9.17) is 4.98 Å². The van der Waals surface area contributed by atoms with Crippen LogP contribution in [0.2, 0.25) is 0 Å². The van der Waals surface area contributed by atoms with Crippen molar-refractivity contribution in [1.82, 2.24) is 4.98 Å². The first-order valence-electron chi connectivity index (χ1n) is 19.2. The summed E-state index contributed by atoms with van der Waals surface area (Å²) in [6.07, 6.45) is 2.09. The Labute approximate surface area is 328 Å². The van der Waals surface area contributed by atoms with E-state index in [0.29, 0.717) is 0 Å². The highest BCUT2D eigenvalue weighted by atomic mass is 15.1. The maximum atomic E-state index is 5.12. The smallest absolute Gasteiger partial charge is 0.0729 e. The minimum atomic E-state index is -0.592. The van der Waals surface area contributed by atoms with Gasteiger partial charge in [0.2, 0.25) is 0 Å². The molecule has 56 heavy (non-hydrogen) atoms. The Morgan fingerprint density at radius 1 is 0.321 bits per heavy atom. The third-order valence-electron chi connectivity index (χ3n) is 11.2. The number of pyridine rings is 1. The zero-order valence-corrected chi connectivity index (χ0v) is 30.8. The molecule has 0 saturated heterocycles. The Morgan fingerprint density at radius 3 is 1.34 bits per heavy atom. The lowest BCUT2D eigenvalue weighted by Gasteiger charge is -2.34. The van der Waals surface area contributed by atoms with E-state index in [1.165, 1.54) is 50.1 Å². The molecule has 0 spiro atoms. The van der Waals surface area contributed by atoms with E-state index in [9.17, 15) is 0 Å². The number of fused-ring (bicyclic) bond motifs is 3. The van der Waals surface area contributed by atoms with Gasteiger partial charge < -0.3 is 4.90 Å². The molecular formula is C54H38N2. The molecule has 8 aromatic carbocycles. The van der Waals surface area contributed by atoms with E-state index in [1.807, 2.05) is 6.07 Å². The number of hydrogen-bond donors (Lipinski definition) is 0. The first-order chi connectivity index (χ1) is 27.8. The summed E-state index contributed by atoms with van der Waals surface area (Å²) in [5.74, 6) is 0. The Morgan fingerprint density at radius 2 is 0.786 bits per heavy atom. The van der Waals surface area contributed by atoms with Crippen LogP contribution in [0.4, 0.5) is 17.1 Å². The quantitative estimate of drug-likeness (QED) is 0.156. The summed E-state index contributed by atoms with van der Waals surface area (Å²) < 4.78 is 0. The topological polar surface area (TPSA) is 16.1 Å². The summed E-state index contributed by atoms with van der Waals surface area (Å²) in [5, 5.41) is 0. The Hall–Kier alpha value is -7.29. The van der Waals surface area contributed by atoms with Crippen LogP contribution in [0.5, 0.6) is 0 Å². The molecule has 1 aliphatic carbocycles. The molecule has 0 saturated carbocycles. The van der Waals surface area contributed by atoms with Gasteiger partial charge >= 0.3 is 0 Å². The molecule has 0 aliphatic heterocycles. The SMILES string of the molecule is c1ccc(-c2ccc(N(c3ccc(-c4ccccc4)cc3)c3ccc4c(c3)C(c3ccccc3)(c3ccc(-c5ccccc5)nc3)c3ccccc3-4)cc2)cc1. The fourth-order valence-corrected chi connectivity index (χ4v) is 8.59. The van der Waals surface area contributed by atoms with Crippen molar-refractivity contribution in [2.45, 2.75) is 5.41 Å². The van der Waals surface area contributed by atoms with E-state index in [1.54, 1.807) is 0 Å². The molecule has 9 aromatic rings. The highest BCUT2D eigenvalue weighted by molar-refractivity contribution is 5.90. The first-order valence-corrected chi connectivity index (χ1v) is 19.2. The van der Waals surface area contributed by atoms with Gasteiger partial charge in [0.05, 0.1) is 11.1 Å². The van der Waals surface area contributed by atoms with E-state index in [0.717, 1.165) is 33.9 Å². The average molecular weight is 715 g/mol. The molecule has 0 fully saturated rings. The summed E-state index contributed by atoms with van der Waals surface area (Å²) in [5.41, 5.74) is 16.9. The summed E-state index contributed by atoms with van der Waals surface area (Å²) in [4.78, 5) is 7.51. The Kier molecular flexibility index (Phi) is 8.42. The van der Waals surface area contributed by atoms with Crippen molar-refractivity contribution in [2.75, 3.05) is 4.90 Å². The third kappa shape index (κ3) is 5.71. The van der Waals surface area contributed by atoms with Gasteiger partial charge in [0.15, 0.2) is 0 Å². The predicted molar refractivity (Wildman–Crippen MR) is 233 cm³/mol. The van der Waals surface area contributed by atoms with Crippen LogP contribution >= 0.6 is 0 Å². The van der Waals surface area contributed by atoms with Crippen molar-refractivity contribution >= 4 is 17.1 Å². The van der Waals surface area contributed by atoms with E-state index in [2.05, 4.69) is 229 Å². The van der Waals surface area contributed by atoms with Crippen LogP contribution < -0.4 is 4.90 Å². The summed E-state index contributed by atoms with van der Waals surface area (Å²) in [6, 6.07) is 80.8. The number of nitrogens with zero attached hydrogens (tertiary/aromatic N) is 2. The van der Waals surface area contributed by atoms with Crippen molar-refractivity contribution in [3.63, 3.8) is 0 Å². The molecule has 10 rings (SSSR count). The monoisotopic (exact) mass is 714 g/mol. The largest absolute Gasteiger partial charge is 0.310 e. The summed E-state index contributed by atoms with van der Waals surface area (Å²) in [6.45, 7) is 0. The molecule has 0 radical (unpaired) electrons. The molecule has 0 bridgehead atoms. The summed E-state index contributed by atoms with van der Waals surface area (Å²) in [7, 11) is 0. The number of hydrogen-bond acceptors (Lipinski definition) is 2. The van der Waals surface area contributed by atoms with Gasteiger partial charge in [0.25, 0.3) is 0 Å². The molecule has 1 atom stereocenters. The van der Waals surface area contributed by atoms with Crippen molar-refractivity contribution < 1.29 is 0 Å². The van der Waals surface area contributed by atoms with Crippen LogP contribution in [0.1, 0.15) is 22.3 Å². The maximum absolute atomic E-state index is 5.12. The van der Waals surface area contributed by atoms with Crippen molar-refractivity contribution in [3.05, 3.63) is 253 Å². The number of anilines is 3. The second-order valence-corrected chi connectivity index (χ2v) is 14.4. The van der Waals surface area contributed by atoms with Crippen LogP contribution in [0, 0.1) is 0 Å². The fraction of sp³-hybridized carbons (Fsp3) is 0.0185. The van der Waals surface area contributed by atoms with Gasteiger partial charge in [-0.3, -0.25) is 4.98 Å². The lowest BCUT2D eigenvalue weighted by molar-refractivity contribution is 0.763. The van der Waals surface area contributed by atoms with E-state index in [-0.39, 0.29) is 0 Å². The van der Waals surface area contributed by atoms with E-state index < -0.39 is 5.41 Å². The zero-order chi connectivity index (χ0) is 37.3. The van der Waals surface area contributed by atoms with Gasteiger partial charge in [-0.05, 0) is 98.1 Å². The van der Waals surface area contributed by atoms with Crippen LogP contribution in [-0.4, -0.2) is 4.98 Å². The predicted octanol–water partition coefficient (Wildman–Crippen LogP) is 13.9. The van der Waals surface area contributed by atoms with Crippen LogP contribution in [-0.2, 0) is 5.41 Å². The molecule has 1 unspecified atom stereocenters. The van der Waals surface area contributed by atoms with E-state index >= 15 is 0 Å². The highest BCUT2D eigenvalue weighted by Gasteiger charge is 2.46. The molecule has 2 heteroatoms. The van der Waals surface area contributed by atoms with Crippen LogP contribution in [0.15, 0.2) is 231 Å². The molecule has 264 valence electrons. The molecule has 1 aromatic heterocycles. The van der Waals surface area contributed by atoms with Gasteiger partial charge in [0, 0.05) is 28.8 Å². The van der Waals surface area contributed by atoms with Crippen molar-refractivity contribution in [1.29, 1.82) is 0 Å². The molecule has 1 aliphatic rings. The lowest BCUT2D eigenvalue weighted by Crippen LogP contribution is -2.29. The average Bonchev–Trinajstić information content (AvgIpc) is 3.58. The van der Waals surface area contributed by atoms with Crippen molar-refractivity contribution in [2.24, 2.45) is 0 Å². The number of aromatic nitrogens is 1. The normalized spacial score (nSPS) is 14.1. The zero-order valence-electron chi connectivity index (χ0n) is 30.8. The van der Waals surface area contributed by atoms with Gasteiger partial charge in [-0.1, -0.05) is 182 Å². The fourth-order valence-electron chi connectivity index (χ4n) is 8.59. The third-order valence-corrected chi connectivity index (χ3v) is 11.2. The van der Waals surface area contributed by atoms with Gasteiger partial charge in [0.1, 0.15) is 0 Å². The minimum Gasteiger partial charge on any atom is -0.310 e. The lowest BCUT2D eigenvalue weighted by atomic mass is 9.68. The second kappa shape index (κ2) is 14.2. The molecule has 1 heterocycles. The molecule has 0 amide bonds. The van der Waals surface area contributed by atoms with Crippen LogP contribution in [0.3, 0.4) is 0 Å². The Balaban J connectivity index is 1.17. The van der Waals surface area contributed by atoms with Gasteiger partial charge in [-0.25, -0.2) is 0 Å². The standard InChI is InChI=1S/C54H38N2/c1-5-15-39(16-6-1)41-25-30-46(31-26-41)56(47-32-27-42(28-33-47)40-17-7-2-8-18-40)48-34-35-50-49-23-13-14-24-51(49)54(52(50)37-48,44-21-11-4-12-22-44)45-29-36-53(55-38-45)43-19-9-3-10-20-43/h1-38H. The molecule has 2 nitrogen and oxygen atoms in total. The first kappa shape index (κ1) is 33.3. The minimum absolute atomic E-state index is 0.592. The van der Waals surface area contributed by atoms with Gasteiger partial charge in [-0.2, -0.15) is 0 Å². The molecule has 0 N–H and O–H groups in total. The highest BCUT2D eigenvalue weighted by Crippen LogP contribution is 2.57. The van der Waals surface area contributed by atoms with Gasteiger partial charge in [-0.15, -0.1) is 0 Å². The number of rotatable bonds is 8. The molecular weight excluding hydrogens is 677 g/mol. The number of benzene rings is 8. The van der Waals surface area contributed by atoms with Crippen molar-refractivity contribution in [3.8, 4) is 44.6 Å². The second-order valence-electron chi connectivity index (χ2n) is 14.4. The Bertz CT molecular complexity index is 2660. The summed E-state index contributed by atoms with van der Waals surface area (Å²) >= 11 is 0.